The van der Waals surface area contributed by atoms with Gasteiger partial charge >= 0.3 is 5.97 Å². The minimum absolute atomic E-state index is 0.150. The van der Waals surface area contributed by atoms with Gasteiger partial charge in [0.25, 0.3) is 5.91 Å². The lowest BCUT2D eigenvalue weighted by atomic mass is 10.3. The minimum atomic E-state index is -0.658. The second kappa shape index (κ2) is 8.30. The predicted molar refractivity (Wildman–Crippen MR) is 91.2 cm³/mol. The summed E-state index contributed by atoms with van der Waals surface area (Å²) in [6.07, 6.45) is 1.68. The van der Waals surface area contributed by atoms with Gasteiger partial charge in [-0.1, -0.05) is 23.7 Å². The number of hydrogen-bond donors (Lipinski definition) is 2. The van der Waals surface area contributed by atoms with E-state index in [2.05, 4.69) is 22.2 Å². The van der Waals surface area contributed by atoms with Crippen molar-refractivity contribution in [1.29, 1.82) is 0 Å². The normalized spacial score (nSPS) is 9.96. The molecule has 2 rings (SSSR count). The highest BCUT2D eigenvalue weighted by atomic mass is 35.5. The van der Waals surface area contributed by atoms with Crippen molar-refractivity contribution in [3.63, 3.8) is 0 Å². The van der Waals surface area contributed by atoms with Gasteiger partial charge in [0.2, 0.25) is 0 Å². The van der Waals surface area contributed by atoms with Crippen LogP contribution in [0, 0.1) is 0 Å². The average molecular weight is 352 g/mol. The second-order valence-electron chi connectivity index (χ2n) is 4.34. The molecule has 0 aliphatic carbocycles. The summed E-state index contributed by atoms with van der Waals surface area (Å²) in [5.74, 6) is -1.12. The van der Waals surface area contributed by atoms with Crippen molar-refractivity contribution < 1.29 is 14.3 Å². The number of nitrogens with one attached hydrogen (secondary N) is 2. The Kier molecular flexibility index (Phi) is 6.13. The number of esters is 1. The third-order valence-electron chi connectivity index (χ3n) is 2.55. The first-order valence-electron chi connectivity index (χ1n) is 6.61. The van der Waals surface area contributed by atoms with Crippen LogP contribution in [0.2, 0.25) is 5.02 Å². The van der Waals surface area contributed by atoms with Crippen LogP contribution in [-0.4, -0.2) is 30.0 Å². The maximum atomic E-state index is 11.8. The topological polar surface area (TPSA) is 80.3 Å². The molecule has 2 aromatic rings. The first-order valence-corrected chi connectivity index (χ1v) is 7.87. The van der Waals surface area contributed by atoms with Crippen molar-refractivity contribution in [2.45, 2.75) is 0 Å². The number of thiazole rings is 1. The summed E-state index contributed by atoms with van der Waals surface area (Å²) in [4.78, 5) is 27.6. The van der Waals surface area contributed by atoms with Gasteiger partial charge in [0, 0.05) is 22.6 Å². The van der Waals surface area contributed by atoms with Crippen molar-refractivity contribution in [1.82, 2.24) is 4.98 Å². The van der Waals surface area contributed by atoms with Crippen molar-refractivity contribution in [2.75, 3.05) is 23.8 Å². The van der Waals surface area contributed by atoms with Crippen LogP contribution in [0.25, 0.3) is 0 Å². The van der Waals surface area contributed by atoms with Gasteiger partial charge in [-0.05, 0) is 18.2 Å². The molecule has 0 unspecified atom stereocenters. The first kappa shape index (κ1) is 17.0. The molecular formula is C15H14ClN3O3S. The number of hydrogen-bond acceptors (Lipinski definition) is 6. The van der Waals surface area contributed by atoms with E-state index >= 15 is 0 Å². The zero-order valence-electron chi connectivity index (χ0n) is 12.0. The van der Waals surface area contributed by atoms with Gasteiger partial charge in [-0.2, -0.15) is 0 Å². The highest BCUT2D eigenvalue weighted by molar-refractivity contribution is 7.13. The number of amides is 1. The minimum Gasteiger partial charge on any atom is -0.451 e. The monoisotopic (exact) mass is 351 g/mol. The van der Waals surface area contributed by atoms with E-state index in [1.54, 1.807) is 35.7 Å². The zero-order valence-corrected chi connectivity index (χ0v) is 13.6. The highest BCUT2D eigenvalue weighted by Gasteiger charge is 2.14. The van der Waals surface area contributed by atoms with Gasteiger partial charge in [-0.3, -0.25) is 4.79 Å². The number of carbonyl (C=O) groups is 2. The Morgan fingerprint density at radius 3 is 3.00 bits per heavy atom. The quantitative estimate of drug-likeness (QED) is 0.591. The molecule has 8 heteroatoms. The fourth-order valence-corrected chi connectivity index (χ4v) is 2.46. The summed E-state index contributed by atoms with van der Waals surface area (Å²) in [6, 6.07) is 6.68. The van der Waals surface area contributed by atoms with Crippen molar-refractivity contribution in [3.05, 3.63) is 53.0 Å². The molecule has 0 bridgehead atoms. The average Bonchev–Trinajstić information content (AvgIpc) is 2.99. The number of benzene rings is 1. The molecule has 1 aromatic heterocycles. The van der Waals surface area contributed by atoms with Crippen molar-refractivity contribution in [3.8, 4) is 0 Å². The molecule has 0 aliphatic rings. The van der Waals surface area contributed by atoms with Crippen molar-refractivity contribution >= 4 is 45.6 Å². The fraction of sp³-hybridized carbons (Fsp3) is 0.133. The number of halogens is 1. The molecule has 0 saturated heterocycles. The summed E-state index contributed by atoms with van der Waals surface area (Å²) in [5, 5.41) is 8.19. The van der Waals surface area contributed by atoms with Crippen LogP contribution in [0.1, 0.15) is 10.5 Å². The number of aromatic nitrogens is 1. The van der Waals surface area contributed by atoms with Gasteiger partial charge in [-0.25, -0.2) is 9.78 Å². The number of anilines is 2. The summed E-state index contributed by atoms with van der Waals surface area (Å²) < 4.78 is 4.92. The van der Waals surface area contributed by atoms with E-state index < -0.39 is 18.5 Å². The van der Waals surface area contributed by atoms with Gasteiger partial charge in [-0.15, -0.1) is 17.9 Å². The molecule has 6 nitrogen and oxygen atoms in total. The standard InChI is InChI=1S/C15H14ClN3O3S/c1-2-6-17-15-19-12(9-23-15)14(21)22-8-13(20)18-11-5-3-4-10(16)7-11/h2-5,7,9H,1,6,8H2,(H,17,19)(H,18,20). The van der Waals surface area contributed by atoms with Gasteiger partial charge < -0.3 is 15.4 Å². The molecule has 0 spiro atoms. The van der Waals surface area contributed by atoms with Crippen LogP contribution in [0.3, 0.4) is 0 Å². The van der Waals surface area contributed by atoms with Gasteiger partial charge in [0.05, 0.1) is 0 Å². The van der Waals surface area contributed by atoms with Crippen LogP contribution < -0.4 is 10.6 Å². The maximum Gasteiger partial charge on any atom is 0.358 e. The van der Waals surface area contributed by atoms with Gasteiger partial charge in [0.15, 0.2) is 17.4 Å². The molecular weight excluding hydrogens is 338 g/mol. The Hall–Kier alpha value is -2.38. The SMILES string of the molecule is C=CCNc1nc(C(=O)OCC(=O)Nc2cccc(Cl)c2)cs1. The summed E-state index contributed by atoms with van der Waals surface area (Å²) in [5.41, 5.74) is 0.681. The van der Waals surface area contributed by atoms with Crippen LogP contribution in [-0.2, 0) is 9.53 Å². The van der Waals surface area contributed by atoms with E-state index in [9.17, 15) is 9.59 Å². The lowest BCUT2D eigenvalue weighted by Crippen LogP contribution is -2.21. The molecule has 1 heterocycles. The highest BCUT2D eigenvalue weighted by Crippen LogP contribution is 2.16. The van der Waals surface area contributed by atoms with Crippen LogP contribution in [0.15, 0.2) is 42.3 Å². The fourth-order valence-electron chi connectivity index (χ4n) is 1.58. The number of ether oxygens (including phenoxy) is 1. The number of nitrogens with zero attached hydrogens (tertiary/aromatic N) is 1. The summed E-state index contributed by atoms with van der Waals surface area (Å²) in [7, 11) is 0. The van der Waals surface area contributed by atoms with E-state index in [0.717, 1.165) is 0 Å². The van der Waals surface area contributed by atoms with Gasteiger partial charge in [0.1, 0.15) is 0 Å². The smallest absolute Gasteiger partial charge is 0.358 e. The maximum absolute atomic E-state index is 11.8. The number of rotatable bonds is 7. The van der Waals surface area contributed by atoms with Crippen LogP contribution >= 0.6 is 22.9 Å². The van der Waals surface area contributed by atoms with E-state index in [1.807, 2.05) is 0 Å². The van der Waals surface area contributed by atoms with E-state index in [1.165, 1.54) is 11.3 Å². The predicted octanol–water partition coefficient (Wildman–Crippen LogP) is 3.19. The first-order chi connectivity index (χ1) is 11.1. The van der Waals surface area contributed by atoms with E-state index in [4.69, 9.17) is 16.3 Å². The number of carbonyl (C=O) groups excluding carboxylic acids is 2. The Bertz CT molecular complexity index is 717. The lowest BCUT2D eigenvalue weighted by molar-refractivity contribution is -0.119. The molecule has 23 heavy (non-hydrogen) atoms. The molecule has 0 radical (unpaired) electrons. The third kappa shape index (κ3) is 5.39. The van der Waals surface area contributed by atoms with Crippen molar-refractivity contribution in [2.24, 2.45) is 0 Å². The largest absolute Gasteiger partial charge is 0.451 e. The summed E-state index contributed by atoms with van der Waals surface area (Å²) in [6.45, 7) is 3.72. The van der Waals surface area contributed by atoms with E-state index in [-0.39, 0.29) is 5.69 Å². The third-order valence-corrected chi connectivity index (χ3v) is 3.59. The summed E-state index contributed by atoms with van der Waals surface area (Å²) >= 11 is 7.09. The molecule has 0 saturated carbocycles. The Morgan fingerprint density at radius 1 is 1.43 bits per heavy atom. The molecule has 0 atom stereocenters. The molecule has 0 fully saturated rings. The van der Waals surface area contributed by atoms with E-state index in [0.29, 0.717) is 22.4 Å². The Morgan fingerprint density at radius 2 is 2.26 bits per heavy atom. The molecule has 1 amide bonds. The van der Waals surface area contributed by atoms with Crippen LogP contribution in [0.4, 0.5) is 10.8 Å². The lowest BCUT2D eigenvalue weighted by Gasteiger charge is -2.06. The molecule has 120 valence electrons. The second-order valence-corrected chi connectivity index (χ2v) is 5.64. The molecule has 2 N–H and O–H groups in total. The zero-order chi connectivity index (χ0) is 16.7. The molecule has 0 aliphatic heterocycles. The Balaban J connectivity index is 1.82. The van der Waals surface area contributed by atoms with Crippen LogP contribution in [0.5, 0.6) is 0 Å². The Labute approximate surface area is 142 Å². The molecule has 1 aromatic carbocycles.